The molecule has 0 fully saturated rings. The molecular weight excluding hydrogens is 228 g/mol. The van der Waals surface area contributed by atoms with Crippen molar-refractivity contribution < 1.29 is 18.3 Å². The molecule has 3 nitrogen and oxygen atoms in total. The number of carbonyl (C=O) groups excluding carboxylic acids is 1. The molecule has 1 aromatic heterocycles. The lowest BCUT2D eigenvalue weighted by Crippen LogP contribution is -2.12. The molecule has 88 valence electrons. The van der Waals surface area contributed by atoms with Crippen molar-refractivity contribution in [1.82, 2.24) is 4.98 Å². The Morgan fingerprint density at radius 3 is 2.76 bits per heavy atom. The summed E-state index contributed by atoms with van der Waals surface area (Å²) in [4.78, 5) is 15.4. The van der Waals surface area contributed by atoms with Gasteiger partial charge in [-0.3, -0.25) is 0 Å². The van der Waals surface area contributed by atoms with E-state index < -0.39 is 19.0 Å². The molecule has 0 aliphatic carbocycles. The van der Waals surface area contributed by atoms with Crippen molar-refractivity contribution in [3.8, 4) is 0 Å². The van der Waals surface area contributed by atoms with E-state index in [1.807, 2.05) is 12.1 Å². The highest BCUT2D eigenvalue weighted by molar-refractivity contribution is 5.90. The number of pyridine rings is 1. The van der Waals surface area contributed by atoms with E-state index in [1.165, 1.54) is 6.07 Å². The van der Waals surface area contributed by atoms with Crippen LogP contribution in [0.15, 0.2) is 36.4 Å². The first-order chi connectivity index (χ1) is 8.16. The summed E-state index contributed by atoms with van der Waals surface area (Å²) < 4.78 is 28.1. The van der Waals surface area contributed by atoms with Crippen molar-refractivity contribution in [3.63, 3.8) is 0 Å². The summed E-state index contributed by atoms with van der Waals surface area (Å²) in [5, 5.41) is 0.873. The second kappa shape index (κ2) is 4.86. The van der Waals surface area contributed by atoms with Crippen molar-refractivity contribution in [2.24, 2.45) is 0 Å². The highest BCUT2D eigenvalue weighted by Crippen LogP contribution is 2.12. The number of rotatable bonds is 3. The Morgan fingerprint density at radius 1 is 1.24 bits per heavy atom. The van der Waals surface area contributed by atoms with Crippen LogP contribution < -0.4 is 0 Å². The molecule has 0 radical (unpaired) electrons. The number of hydrogen-bond acceptors (Lipinski definition) is 3. The van der Waals surface area contributed by atoms with E-state index in [1.54, 1.807) is 18.2 Å². The van der Waals surface area contributed by atoms with Gasteiger partial charge in [0.15, 0.2) is 6.61 Å². The first kappa shape index (κ1) is 11.4. The zero-order valence-electron chi connectivity index (χ0n) is 8.77. The van der Waals surface area contributed by atoms with Gasteiger partial charge in [0.25, 0.3) is 6.43 Å². The first-order valence-electron chi connectivity index (χ1n) is 4.98. The molecule has 0 aliphatic rings. The van der Waals surface area contributed by atoms with Gasteiger partial charge < -0.3 is 4.74 Å². The lowest BCUT2D eigenvalue weighted by molar-refractivity contribution is 0.0155. The van der Waals surface area contributed by atoms with E-state index in [0.717, 1.165) is 5.39 Å². The van der Waals surface area contributed by atoms with Crippen LogP contribution in [0.3, 0.4) is 0 Å². The van der Waals surface area contributed by atoms with E-state index >= 15 is 0 Å². The van der Waals surface area contributed by atoms with Crippen LogP contribution in [0.25, 0.3) is 10.9 Å². The second-order valence-corrected chi connectivity index (χ2v) is 3.38. The number of nitrogens with zero attached hydrogens (tertiary/aromatic N) is 1. The predicted octanol–water partition coefficient (Wildman–Crippen LogP) is 2.66. The predicted molar refractivity (Wildman–Crippen MR) is 58.0 cm³/mol. The number of para-hydroxylation sites is 1. The number of hydrogen-bond donors (Lipinski definition) is 0. The molecular formula is C12H9F2NO2. The SMILES string of the molecule is O=C(OCC(F)F)c1ccc2ccccc2n1. The summed E-state index contributed by atoms with van der Waals surface area (Å²) in [6.45, 7) is -0.909. The van der Waals surface area contributed by atoms with E-state index in [4.69, 9.17) is 0 Å². The number of benzene rings is 1. The fourth-order valence-corrected chi connectivity index (χ4v) is 1.39. The van der Waals surface area contributed by atoms with Crippen molar-refractivity contribution in [2.45, 2.75) is 6.43 Å². The van der Waals surface area contributed by atoms with Crippen molar-refractivity contribution in [2.75, 3.05) is 6.61 Å². The fraction of sp³-hybridized carbons (Fsp3) is 0.167. The van der Waals surface area contributed by atoms with Gasteiger partial charge in [-0.25, -0.2) is 18.6 Å². The average molecular weight is 237 g/mol. The van der Waals surface area contributed by atoms with E-state index in [0.29, 0.717) is 5.52 Å². The Morgan fingerprint density at radius 2 is 2.00 bits per heavy atom. The van der Waals surface area contributed by atoms with Gasteiger partial charge in [0.2, 0.25) is 0 Å². The van der Waals surface area contributed by atoms with Gasteiger partial charge in [-0.15, -0.1) is 0 Å². The minimum absolute atomic E-state index is 0.0318. The molecule has 0 saturated heterocycles. The van der Waals surface area contributed by atoms with Gasteiger partial charge in [-0.05, 0) is 12.1 Å². The van der Waals surface area contributed by atoms with E-state index in [9.17, 15) is 13.6 Å². The first-order valence-corrected chi connectivity index (χ1v) is 4.98. The maximum Gasteiger partial charge on any atom is 0.357 e. The highest BCUT2D eigenvalue weighted by Gasteiger charge is 2.12. The molecule has 0 unspecified atom stereocenters. The average Bonchev–Trinajstić information content (AvgIpc) is 2.35. The maximum absolute atomic E-state index is 11.9. The molecule has 0 N–H and O–H groups in total. The quantitative estimate of drug-likeness (QED) is 0.770. The van der Waals surface area contributed by atoms with Crippen LogP contribution in [0, 0.1) is 0 Å². The van der Waals surface area contributed by atoms with Crippen LogP contribution in [0.1, 0.15) is 10.5 Å². The van der Waals surface area contributed by atoms with Crippen LogP contribution in [-0.2, 0) is 4.74 Å². The lowest BCUT2D eigenvalue weighted by atomic mass is 10.2. The monoisotopic (exact) mass is 237 g/mol. The summed E-state index contributed by atoms with van der Waals surface area (Å²) >= 11 is 0. The summed E-state index contributed by atoms with van der Waals surface area (Å²) in [7, 11) is 0. The number of aromatic nitrogens is 1. The number of ether oxygens (including phenoxy) is 1. The molecule has 1 aromatic carbocycles. The largest absolute Gasteiger partial charge is 0.455 e. The fourth-order valence-electron chi connectivity index (χ4n) is 1.39. The van der Waals surface area contributed by atoms with Gasteiger partial charge in [0, 0.05) is 5.39 Å². The minimum Gasteiger partial charge on any atom is -0.455 e. The third kappa shape index (κ3) is 2.75. The lowest BCUT2D eigenvalue weighted by Gasteiger charge is -2.04. The molecule has 0 saturated carbocycles. The minimum atomic E-state index is -2.67. The number of halogens is 2. The molecule has 0 bridgehead atoms. The Balaban J connectivity index is 2.21. The summed E-state index contributed by atoms with van der Waals surface area (Å²) in [5.74, 6) is -0.837. The topological polar surface area (TPSA) is 39.2 Å². The van der Waals surface area contributed by atoms with Gasteiger partial charge in [0.05, 0.1) is 5.52 Å². The van der Waals surface area contributed by atoms with Crippen LogP contribution >= 0.6 is 0 Å². The summed E-state index contributed by atoms with van der Waals surface area (Å²) in [6.07, 6.45) is -2.67. The number of esters is 1. The third-order valence-corrected chi connectivity index (χ3v) is 2.15. The molecule has 2 aromatic rings. The van der Waals surface area contributed by atoms with Gasteiger partial charge >= 0.3 is 5.97 Å². The van der Waals surface area contributed by atoms with Crippen molar-refractivity contribution in [3.05, 3.63) is 42.1 Å². The summed E-state index contributed by atoms with van der Waals surface area (Å²) in [6, 6.07) is 10.4. The molecule has 0 spiro atoms. The van der Waals surface area contributed by atoms with Crippen molar-refractivity contribution in [1.29, 1.82) is 0 Å². The van der Waals surface area contributed by atoms with Crippen LogP contribution in [-0.4, -0.2) is 24.0 Å². The molecule has 1 heterocycles. The number of fused-ring (bicyclic) bond motifs is 1. The van der Waals surface area contributed by atoms with Crippen molar-refractivity contribution >= 4 is 16.9 Å². The van der Waals surface area contributed by atoms with Gasteiger partial charge in [-0.2, -0.15) is 0 Å². The molecule has 17 heavy (non-hydrogen) atoms. The second-order valence-electron chi connectivity index (χ2n) is 3.38. The molecule has 2 rings (SSSR count). The zero-order valence-corrected chi connectivity index (χ0v) is 8.77. The Kier molecular flexibility index (Phi) is 3.27. The van der Waals surface area contributed by atoms with Crippen LogP contribution in [0.2, 0.25) is 0 Å². The van der Waals surface area contributed by atoms with Gasteiger partial charge in [0.1, 0.15) is 5.69 Å². The smallest absolute Gasteiger partial charge is 0.357 e. The maximum atomic E-state index is 11.9. The Labute approximate surface area is 96.0 Å². The van der Waals surface area contributed by atoms with E-state index in [2.05, 4.69) is 9.72 Å². The molecule has 0 atom stereocenters. The molecule has 5 heteroatoms. The Hall–Kier alpha value is -2.04. The molecule has 0 amide bonds. The third-order valence-electron chi connectivity index (χ3n) is 2.15. The summed E-state index contributed by atoms with van der Waals surface area (Å²) in [5.41, 5.74) is 0.656. The highest BCUT2D eigenvalue weighted by atomic mass is 19.3. The van der Waals surface area contributed by atoms with Crippen LogP contribution in [0.4, 0.5) is 8.78 Å². The molecule has 0 aliphatic heterocycles. The van der Waals surface area contributed by atoms with E-state index in [-0.39, 0.29) is 5.69 Å². The number of carbonyl (C=O) groups is 1. The standard InChI is InChI=1S/C12H9F2NO2/c13-11(14)7-17-12(16)10-6-5-8-3-1-2-4-9(8)15-10/h1-6,11H,7H2. The van der Waals surface area contributed by atoms with Gasteiger partial charge in [-0.1, -0.05) is 24.3 Å². The Bertz CT molecular complexity index is 543. The van der Waals surface area contributed by atoms with Crippen LogP contribution in [0.5, 0.6) is 0 Å². The zero-order chi connectivity index (χ0) is 12.3. The normalized spacial score (nSPS) is 10.8. The number of alkyl halides is 2.